The van der Waals surface area contributed by atoms with Crippen molar-refractivity contribution in [2.45, 2.75) is 46.3 Å². The summed E-state index contributed by atoms with van der Waals surface area (Å²) >= 11 is 0. The summed E-state index contributed by atoms with van der Waals surface area (Å²) in [5.41, 5.74) is 3.15. The minimum absolute atomic E-state index is 0.0701. The number of ether oxygens (including phenoxy) is 1. The number of rotatable bonds is 4. The van der Waals surface area contributed by atoms with E-state index >= 15 is 0 Å². The first kappa shape index (κ1) is 17.3. The number of carbonyl (C=O) groups is 1. The van der Waals surface area contributed by atoms with Crippen LogP contribution < -0.4 is 10.1 Å². The third kappa shape index (κ3) is 4.53. The number of carbonyl (C=O) groups excluding carboxylic acids is 1. The number of nitrogens with one attached hydrogen (secondary N) is 1. The molecule has 0 bridgehead atoms. The van der Waals surface area contributed by atoms with Gasteiger partial charge in [0.2, 0.25) is 0 Å². The Kier molecular flexibility index (Phi) is 5.26. The predicted molar refractivity (Wildman–Crippen MR) is 94.6 cm³/mol. The van der Waals surface area contributed by atoms with E-state index in [-0.39, 0.29) is 12.1 Å². The lowest BCUT2D eigenvalue weighted by molar-refractivity contribution is 0.110. The zero-order chi connectivity index (χ0) is 17.8. The minimum Gasteiger partial charge on any atom is -0.490 e. The van der Waals surface area contributed by atoms with Gasteiger partial charge in [0.15, 0.2) is 5.76 Å². The standard InChI is InChI=1S/C19H25N3O3/c1-13-4-5-14(2)18(10-13)24-16-6-8-22(9-7-16)19(23)20-12-17-11-15(3)21-25-17/h4-5,10-11,16H,6-9,12H2,1-3H3,(H,20,23). The van der Waals surface area contributed by atoms with Gasteiger partial charge in [0.05, 0.1) is 12.2 Å². The summed E-state index contributed by atoms with van der Waals surface area (Å²) in [6.07, 6.45) is 1.83. The first-order valence-electron chi connectivity index (χ1n) is 8.70. The minimum atomic E-state index is -0.0701. The zero-order valence-corrected chi connectivity index (χ0v) is 15.0. The number of amides is 2. The molecule has 134 valence electrons. The van der Waals surface area contributed by atoms with Crippen molar-refractivity contribution in [2.75, 3.05) is 13.1 Å². The molecule has 2 amide bonds. The highest BCUT2D eigenvalue weighted by Crippen LogP contribution is 2.24. The van der Waals surface area contributed by atoms with Crippen LogP contribution in [0.3, 0.4) is 0 Å². The molecular formula is C19H25N3O3. The molecule has 1 aliphatic heterocycles. The number of hydrogen-bond acceptors (Lipinski definition) is 4. The Morgan fingerprint density at radius 1 is 1.28 bits per heavy atom. The van der Waals surface area contributed by atoms with Crippen LogP contribution in [-0.4, -0.2) is 35.3 Å². The lowest BCUT2D eigenvalue weighted by Crippen LogP contribution is -2.46. The molecule has 1 aromatic carbocycles. The molecule has 0 atom stereocenters. The lowest BCUT2D eigenvalue weighted by atomic mass is 10.1. The van der Waals surface area contributed by atoms with Crippen molar-refractivity contribution in [3.05, 3.63) is 46.8 Å². The van der Waals surface area contributed by atoms with E-state index in [4.69, 9.17) is 9.26 Å². The first-order chi connectivity index (χ1) is 12.0. The molecule has 25 heavy (non-hydrogen) atoms. The number of aryl methyl sites for hydroxylation is 3. The average molecular weight is 343 g/mol. The average Bonchev–Trinajstić information content (AvgIpc) is 3.02. The van der Waals surface area contributed by atoms with Gasteiger partial charge in [0.1, 0.15) is 11.9 Å². The maximum Gasteiger partial charge on any atom is 0.317 e. The van der Waals surface area contributed by atoms with Crippen LogP contribution in [0, 0.1) is 20.8 Å². The van der Waals surface area contributed by atoms with Gasteiger partial charge >= 0.3 is 6.03 Å². The molecule has 1 aromatic heterocycles. The van der Waals surface area contributed by atoms with E-state index in [0.717, 1.165) is 29.8 Å². The van der Waals surface area contributed by atoms with Crippen LogP contribution in [0.15, 0.2) is 28.8 Å². The Bertz CT molecular complexity index is 733. The summed E-state index contributed by atoms with van der Waals surface area (Å²) in [6, 6.07) is 8.00. The van der Waals surface area contributed by atoms with E-state index in [0.29, 0.717) is 25.4 Å². The quantitative estimate of drug-likeness (QED) is 0.924. The van der Waals surface area contributed by atoms with Crippen LogP contribution in [0.1, 0.15) is 35.4 Å². The van der Waals surface area contributed by atoms with E-state index < -0.39 is 0 Å². The molecule has 0 spiro atoms. The molecule has 1 saturated heterocycles. The molecule has 0 aliphatic carbocycles. The van der Waals surface area contributed by atoms with Crippen LogP contribution in [-0.2, 0) is 6.54 Å². The molecule has 0 unspecified atom stereocenters. The van der Waals surface area contributed by atoms with Gasteiger partial charge in [-0.3, -0.25) is 0 Å². The van der Waals surface area contributed by atoms with E-state index in [1.165, 1.54) is 5.56 Å². The lowest BCUT2D eigenvalue weighted by Gasteiger charge is -2.32. The van der Waals surface area contributed by atoms with Gasteiger partial charge in [-0.2, -0.15) is 0 Å². The third-order valence-corrected chi connectivity index (χ3v) is 4.46. The second-order valence-corrected chi connectivity index (χ2v) is 6.67. The number of piperidine rings is 1. The van der Waals surface area contributed by atoms with Gasteiger partial charge in [0, 0.05) is 32.0 Å². The second-order valence-electron chi connectivity index (χ2n) is 6.67. The van der Waals surface area contributed by atoms with Gasteiger partial charge in [-0.25, -0.2) is 4.79 Å². The third-order valence-electron chi connectivity index (χ3n) is 4.46. The Balaban J connectivity index is 1.46. The van der Waals surface area contributed by atoms with E-state index in [1.807, 2.05) is 17.9 Å². The van der Waals surface area contributed by atoms with E-state index in [2.05, 4.69) is 42.5 Å². The summed E-state index contributed by atoms with van der Waals surface area (Å²) in [4.78, 5) is 14.1. The first-order valence-corrected chi connectivity index (χ1v) is 8.70. The number of benzene rings is 1. The van der Waals surface area contributed by atoms with E-state index in [9.17, 15) is 4.79 Å². The largest absolute Gasteiger partial charge is 0.490 e. The predicted octanol–water partition coefficient (Wildman–Crippen LogP) is 3.35. The van der Waals surface area contributed by atoms with Crippen molar-refractivity contribution in [2.24, 2.45) is 0 Å². The Labute approximate surface area is 148 Å². The number of likely N-dealkylation sites (tertiary alicyclic amines) is 1. The van der Waals surface area contributed by atoms with E-state index in [1.54, 1.807) is 0 Å². The Morgan fingerprint density at radius 3 is 2.72 bits per heavy atom. The zero-order valence-electron chi connectivity index (χ0n) is 15.0. The van der Waals surface area contributed by atoms with Crippen LogP contribution in [0.2, 0.25) is 0 Å². The molecule has 0 saturated carbocycles. The van der Waals surface area contributed by atoms with Crippen LogP contribution >= 0.6 is 0 Å². The molecular weight excluding hydrogens is 318 g/mol. The van der Waals surface area contributed by atoms with Gasteiger partial charge in [-0.1, -0.05) is 17.3 Å². The fourth-order valence-corrected chi connectivity index (χ4v) is 2.96. The van der Waals surface area contributed by atoms with Crippen LogP contribution in [0.25, 0.3) is 0 Å². The topological polar surface area (TPSA) is 67.6 Å². The van der Waals surface area contributed by atoms with Crippen molar-refractivity contribution in [1.82, 2.24) is 15.4 Å². The smallest absolute Gasteiger partial charge is 0.317 e. The molecule has 6 nitrogen and oxygen atoms in total. The molecule has 2 heterocycles. The molecule has 1 N–H and O–H groups in total. The number of urea groups is 1. The van der Waals surface area contributed by atoms with Gasteiger partial charge in [-0.05, 0) is 38.0 Å². The number of hydrogen-bond donors (Lipinski definition) is 1. The summed E-state index contributed by atoms with van der Waals surface area (Å²) in [5, 5.41) is 6.69. The number of aromatic nitrogens is 1. The molecule has 2 aromatic rings. The highest BCUT2D eigenvalue weighted by atomic mass is 16.5. The number of nitrogens with zero attached hydrogens (tertiary/aromatic N) is 2. The maximum absolute atomic E-state index is 12.3. The SMILES string of the molecule is Cc1ccc(C)c(OC2CCN(C(=O)NCc3cc(C)no3)CC2)c1. The van der Waals surface area contributed by atoms with Gasteiger partial charge in [0.25, 0.3) is 0 Å². The normalized spacial score (nSPS) is 15.2. The summed E-state index contributed by atoms with van der Waals surface area (Å²) in [7, 11) is 0. The molecule has 0 radical (unpaired) electrons. The molecule has 1 aliphatic rings. The summed E-state index contributed by atoms with van der Waals surface area (Å²) in [6.45, 7) is 7.72. The van der Waals surface area contributed by atoms with Crippen LogP contribution in [0.5, 0.6) is 5.75 Å². The van der Waals surface area contributed by atoms with Crippen LogP contribution in [0.4, 0.5) is 4.79 Å². The Morgan fingerprint density at radius 2 is 2.04 bits per heavy atom. The fourth-order valence-electron chi connectivity index (χ4n) is 2.96. The Hall–Kier alpha value is -2.50. The van der Waals surface area contributed by atoms with Crippen molar-refractivity contribution in [3.63, 3.8) is 0 Å². The van der Waals surface area contributed by atoms with Crippen molar-refractivity contribution >= 4 is 6.03 Å². The van der Waals surface area contributed by atoms with Crippen molar-refractivity contribution in [3.8, 4) is 5.75 Å². The van der Waals surface area contributed by atoms with Crippen molar-refractivity contribution in [1.29, 1.82) is 0 Å². The van der Waals surface area contributed by atoms with Gasteiger partial charge in [-0.15, -0.1) is 0 Å². The van der Waals surface area contributed by atoms with Crippen molar-refractivity contribution < 1.29 is 14.1 Å². The monoisotopic (exact) mass is 343 g/mol. The fraction of sp³-hybridized carbons (Fsp3) is 0.474. The molecule has 1 fully saturated rings. The molecule has 3 rings (SSSR count). The highest BCUT2D eigenvalue weighted by Gasteiger charge is 2.24. The maximum atomic E-state index is 12.3. The second kappa shape index (κ2) is 7.59. The highest BCUT2D eigenvalue weighted by molar-refractivity contribution is 5.74. The summed E-state index contributed by atoms with van der Waals surface area (Å²) < 4.78 is 11.2. The summed E-state index contributed by atoms with van der Waals surface area (Å²) in [5.74, 6) is 1.61. The van der Waals surface area contributed by atoms with Gasteiger partial charge < -0.3 is 19.5 Å². The molecule has 6 heteroatoms.